The van der Waals surface area contributed by atoms with Gasteiger partial charge in [0.2, 0.25) is 0 Å². The van der Waals surface area contributed by atoms with Crippen molar-refractivity contribution in [3.05, 3.63) is 207 Å². The lowest BCUT2D eigenvalue weighted by atomic mass is 10.0. The van der Waals surface area contributed by atoms with E-state index in [9.17, 15) is 43.5 Å². The standard InChI is InChI=1S/C105H174O16P2/c1-4-7-10-13-16-19-22-25-28-31-34-37-40-43-46-47-48-49-50-51-54-56-58-61-64-67-70-73-76-79-82-85-88-91-103(108)115-94-100(106)95-117-122(111,112)118-96-101(107)97-119-123(113,114)120-99-102(121-105(110)93-90-87-84-81-78-75-72-69-66-63-60-57-53-45-42-39-36-33-30-27-24-21-18-15-12-9-6-3)98-116-104(109)92-89-86-83-80-77-74-71-68-65-62-59-55-52-44-41-38-35-32-29-26-23-20-17-14-11-8-5-2/h7-12,16-21,25-30,34-39,43-46,48-49,52-53,59,62,100-102,106-107H,4-6,13-15,22-24,31-33,40-42,47,50-51,54-58,60-61,63-99H2,1-3H3,(H,111,112)(H,113,114)/b10-7-,11-8-,12-9-,19-16-,20-17-,21-18-,28-25-,29-26-,30-27-,37-34-,38-35-,39-36-,46-43-,49-48-,52-44-,53-45-,62-59-. The average molecular weight is 1750 g/mol. The van der Waals surface area contributed by atoms with Crippen LogP contribution in [0.4, 0.5) is 0 Å². The Morgan fingerprint density at radius 3 is 0.642 bits per heavy atom. The zero-order valence-corrected chi connectivity index (χ0v) is 79.1. The Morgan fingerprint density at radius 1 is 0.228 bits per heavy atom. The number of rotatable bonds is 90. The molecule has 0 aliphatic heterocycles. The number of carbonyl (C=O) groups is 3. The van der Waals surface area contributed by atoms with E-state index in [0.717, 1.165) is 212 Å². The Hall–Kier alpha value is -5.87. The fourth-order valence-electron chi connectivity index (χ4n) is 12.8. The van der Waals surface area contributed by atoms with Gasteiger partial charge in [-0.25, -0.2) is 9.13 Å². The highest BCUT2D eigenvalue weighted by molar-refractivity contribution is 7.47. The third-order valence-electron chi connectivity index (χ3n) is 20.0. The van der Waals surface area contributed by atoms with Crippen molar-refractivity contribution in [2.45, 2.75) is 399 Å². The topological polar surface area (TPSA) is 231 Å². The molecule has 0 bridgehead atoms. The van der Waals surface area contributed by atoms with Crippen LogP contribution >= 0.6 is 15.6 Å². The van der Waals surface area contributed by atoms with Crippen molar-refractivity contribution in [1.82, 2.24) is 0 Å². The van der Waals surface area contributed by atoms with Crippen LogP contribution in [-0.4, -0.2) is 95.9 Å². The maximum absolute atomic E-state index is 13.1. The number of phosphoric acid groups is 2. The van der Waals surface area contributed by atoms with Gasteiger partial charge >= 0.3 is 33.6 Å². The van der Waals surface area contributed by atoms with E-state index < -0.39 is 91.5 Å². The van der Waals surface area contributed by atoms with Crippen LogP contribution in [0.25, 0.3) is 0 Å². The van der Waals surface area contributed by atoms with Crippen LogP contribution in [0, 0.1) is 0 Å². The monoisotopic (exact) mass is 1750 g/mol. The molecule has 0 saturated heterocycles. The first-order chi connectivity index (χ1) is 60.2. The lowest BCUT2D eigenvalue weighted by Crippen LogP contribution is -2.30. The molecule has 0 fully saturated rings. The molecule has 0 spiro atoms. The molecule has 0 aromatic heterocycles. The third-order valence-corrected chi connectivity index (χ3v) is 21.9. The minimum Gasteiger partial charge on any atom is -0.463 e. The van der Waals surface area contributed by atoms with Crippen LogP contribution < -0.4 is 0 Å². The molecular formula is C105H174O16P2. The lowest BCUT2D eigenvalue weighted by Gasteiger charge is -2.21. The Kier molecular flexibility index (Phi) is 90.7. The maximum Gasteiger partial charge on any atom is 0.472 e. The molecule has 0 aromatic carbocycles. The summed E-state index contributed by atoms with van der Waals surface area (Å²) >= 11 is 0. The van der Waals surface area contributed by atoms with Gasteiger partial charge in [0.05, 0.1) is 26.4 Å². The molecule has 5 atom stereocenters. The van der Waals surface area contributed by atoms with Gasteiger partial charge < -0.3 is 34.2 Å². The minimum atomic E-state index is -4.95. The second-order valence-electron chi connectivity index (χ2n) is 31.7. The van der Waals surface area contributed by atoms with Gasteiger partial charge in [-0.1, -0.05) is 401 Å². The van der Waals surface area contributed by atoms with Crippen LogP contribution in [0.1, 0.15) is 380 Å². The third kappa shape index (κ3) is 96.6. The summed E-state index contributed by atoms with van der Waals surface area (Å²) in [4.78, 5) is 59.1. The van der Waals surface area contributed by atoms with E-state index in [0.29, 0.717) is 19.3 Å². The van der Waals surface area contributed by atoms with Gasteiger partial charge in [-0.15, -0.1) is 0 Å². The van der Waals surface area contributed by atoms with Crippen LogP contribution in [0.2, 0.25) is 0 Å². The fourth-order valence-corrected chi connectivity index (χ4v) is 14.4. The zero-order chi connectivity index (χ0) is 89.3. The van der Waals surface area contributed by atoms with E-state index in [-0.39, 0.29) is 19.3 Å². The number of hydrogen-bond donors (Lipinski definition) is 4. The highest BCUT2D eigenvalue weighted by Crippen LogP contribution is 2.45. The first kappa shape index (κ1) is 117. The Morgan fingerprint density at radius 2 is 0.407 bits per heavy atom. The molecule has 5 unspecified atom stereocenters. The highest BCUT2D eigenvalue weighted by Gasteiger charge is 2.30. The van der Waals surface area contributed by atoms with Crippen molar-refractivity contribution in [3.63, 3.8) is 0 Å². The number of hydrogen-bond acceptors (Lipinski definition) is 14. The lowest BCUT2D eigenvalue weighted by molar-refractivity contribution is -0.161. The van der Waals surface area contributed by atoms with Crippen LogP contribution in [0.15, 0.2) is 207 Å². The van der Waals surface area contributed by atoms with E-state index in [1.54, 1.807) is 0 Å². The molecule has 0 saturated carbocycles. The summed E-state index contributed by atoms with van der Waals surface area (Å²) in [5, 5.41) is 20.8. The van der Waals surface area contributed by atoms with E-state index in [4.69, 9.17) is 32.3 Å². The molecule has 123 heavy (non-hydrogen) atoms. The second-order valence-corrected chi connectivity index (χ2v) is 34.6. The quantitative estimate of drug-likeness (QED) is 0.0146. The molecule has 4 N–H and O–H groups in total. The number of carbonyl (C=O) groups excluding carboxylic acids is 3. The summed E-state index contributed by atoms with van der Waals surface area (Å²) in [6, 6.07) is 0. The first-order valence-electron chi connectivity index (χ1n) is 48.4. The van der Waals surface area contributed by atoms with Gasteiger partial charge in [0, 0.05) is 19.3 Å². The molecule has 0 radical (unpaired) electrons. The molecule has 18 heteroatoms. The van der Waals surface area contributed by atoms with Crippen molar-refractivity contribution < 1.29 is 75.8 Å². The summed E-state index contributed by atoms with van der Waals surface area (Å²) in [5.74, 6) is -1.59. The first-order valence-corrected chi connectivity index (χ1v) is 51.4. The maximum atomic E-state index is 13.1. The summed E-state index contributed by atoms with van der Waals surface area (Å²) in [7, 11) is -9.83. The smallest absolute Gasteiger partial charge is 0.463 e. The Balaban J connectivity index is 4.64. The minimum absolute atomic E-state index is 0.0917. The van der Waals surface area contributed by atoms with Crippen molar-refractivity contribution in [3.8, 4) is 0 Å². The van der Waals surface area contributed by atoms with E-state index in [1.165, 1.54) is 109 Å². The van der Waals surface area contributed by atoms with Crippen LogP contribution in [0.3, 0.4) is 0 Å². The largest absolute Gasteiger partial charge is 0.472 e. The SMILES string of the molecule is CC/C=C\C/C=C\C/C=C\C/C=C\C/C=C\C/C=C\CCCCCCCCCCCCCCCCC(=O)OCC(O)COP(=O)(O)OCC(O)COP(=O)(O)OCC(COC(=O)CCCCCCCCCC/C=C\C/C=C\C/C=C\C/C=C\C/C=C\C/C=C\CC)OC(=O)CCCCCCCCCCCCC/C=C\C/C=C\C/C=C\C/C=C\C/C=C\CC. The van der Waals surface area contributed by atoms with Crippen molar-refractivity contribution in [1.29, 1.82) is 0 Å². The number of allylic oxidation sites excluding steroid dienone is 34. The summed E-state index contributed by atoms with van der Waals surface area (Å²) < 4.78 is 61.6. The summed E-state index contributed by atoms with van der Waals surface area (Å²) in [6.07, 6.45) is 129. The number of ether oxygens (including phenoxy) is 3. The number of aliphatic hydroxyl groups is 2. The molecule has 0 aliphatic carbocycles. The Labute approximate surface area is 750 Å². The van der Waals surface area contributed by atoms with Gasteiger partial charge in [0.15, 0.2) is 6.10 Å². The van der Waals surface area contributed by atoms with Gasteiger partial charge in [-0.05, 0) is 167 Å². The van der Waals surface area contributed by atoms with Crippen LogP contribution in [0.5, 0.6) is 0 Å². The van der Waals surface area contributed by atoms with Crippen molar-refractivity contribution in [2.24, 2.45) is 0 Å². The van der Waals surface area contributed by atoms with Crippen molar-refractivity contribution in [2.75, 3.05) is 39.6 Å². The molecule has 0 aliphatic rings. The molecule has 700 valence electrons. The summed E-state index contributed by atoms with van der Waals surface area (Å²) in [6.45, 7) is 2.36. The van der Waals surface area contributed by atoms with E-state index in [1.807, 2.05) is 0 Å². The Bertz CT molecular complexity index is 3070. The fraction of sp³-hybridized carbons (Fsp3) is 0.648. The number of aliphatic hydroxyl groups excluding tert-OH is 2. The zero-order valence-electron chi connectivity index (χ0n) is 77.3. The molecule has 0 heterocycles. The van der Waals surface area contributed by atoms with E-state index >= 15 is 0 Å². The van der Waals surface area contributed by atoms with E-state index in [2.05, 4.69) is 227 Å². The van der Waals surface area contributed by atoms with Gasteiger partial charge in [-0.2, -0.15) is 0 Å². The molecule has 16 nitrogen and oxygen atoms in total. The summed E-state index contributed by atoms with van der Waals surface area (Å²) in [5.41, 5.74) is 0. The van der Waals surface area contributed by atoms with Gasteiger partial charge in [0.1, 0.15) is 25.4 Å². The van der Waals surface area contributed by atoms with Crippen LogP contribution in [-0.2, 0) is 55.8 Å². The predicted octanol–water partition coefficient (Wildman–Crippen LogP) is 30.3. The highest BCUT2D eigenvalue weighted by atomic mass is 31.2. The van der Waals surface area contributed by atoms with Gasteiger partial charge in [0.25, 0.3) is 0 Å². The second kappa shape index (κ2) is 95.2. The average Bonchev–Trinajstić information content (AvgIpc) is 0.892. The molecular weight excluding hydrogens is 1580 g/mol. The number of phosphoric ester groups is 2. The van der Waals surface area contributed by atoms with Crippen molar-refractivity contribution >= 4 is 33.6 Å². The predicted molar refractivity (Wildman–Crippen MR) is 518 cm³/mol. The molecule has 0 aromatic rings. The molecule has 0 amide bonds. The van der Waals surface area contributed by atoms with Gasteiger partial charge in [-0.3, -0.25) is 32.5 Å². The number of unbranched alkanes of at least 4 members (excludes halogenated alkanes) is 33. The molecule has 0 rings (SSSR count). The number of esters is 3. The normalized spacial score (nSPS) is 14.6.